The average molecular weight is 215 g/mol. The fraction of sp³-hybridized carbons (Fsp3) is 0.667. The number of likely N-dealkylation sites (tertiary alicyclic amines) is 1. The topological polar surface area (TPSA) is 83.9 Å². The van der Waals surface area contributed by atoms with Crippen LogP contribution in [0, 0.1) is 5.92 Å². The van der Waals surface area contributed by atoms with Crippen LogP contribution in [0.2, 0.25) is 0 Å². The predicted molar refractivity (Wildman–Crippen MR) is 48.5 cm³/mol. The quantitative estimate of drug-likeness (QED) is 0.478. The number of amides is 2. The van der Waals surface area contributed by atoms with Crippen molar-refractivity contribution in [3.8, 4) is 0 Å². The van der Waals surface area contributed by atoms with Crippen LogP contribution in [0.1, 0.15) is 13.3 Å². The van der Waals surface area contributed by atoms with Gasteiger partial charge in [-0.1, -0.05) is 6.92 Å². The van der Waals surface area contributed by atoms with Gasteiger partial charge in [0.05, 0.1) is 13.7 Å². The second kappa shape index (κ2) is 4.39. The zero-order valence-electron chi connectivity index (χ0n) is 8.60. The highest BCUT2D eigenvalue weighted by Gasteiger charge is 2.42. The molecule has 1 N–H and O–H groups in total. The number of aliphatic hydroxyl groups excluding tert-OH is 1. The molecule has 6 nitrogen and oxygen atoms in total. The van der Waals surface area contributed by atoms with E-state index in [1.807, 2.05) is 0 Å². The van der Waals surface area contributed by atoms with Crippen LogP contribution in [0.25, 0.3) is 0 Å². The number of carbonyl (C=O) groups excluding carboxylic acids is 3. The molecular weight excluding hydrogens is 202 g/mol. The summed E-state index contributed by atoms with van der Waals surface area (Å²) in [6.45, 7) is 0.989. The Morgan fingerprint density at radius 2 is 2.27 bits per heavy atom. The zero-order valence-corrected chi connectivity index (χ0v) is 8.60. The molecule has 0 aromatic carbocycles. The highest BCUT2D eigenvalue weighted by molar-refractivity contribution is 6.06. The van der Waals surface area contributed by atoms with E-state index in [9.17, 15) is 14.4 Å². The minimum absolute atomic E-state index is 0.0757. The summed E-state index contributed by atoms with van der Waals surface area (Å²) in [6.07, 6.45) is 0.0757. The van der Waals surface area contributed by atoms with Crippen molar-refractivity contribution in [3.63, 3.8) is 0 Å². The lowest BCUT2D eigenvalue weighted by Crippen LogP contribution is -2.47. The number of ether oxygens (including phenoxy) is 1. The van der Waals surface area contributed by atoms with Gasteiger partial charge in [0.2, 0.25) is 11.8 Å². The largest absolute Gasteiger partial charge is 0.467 e. The maximum atomic E-state index is 11.5. The van der Waals surface area contributed by atoms with Crippen LogP contribution in [-0.4, -0.2) is 47.5 Å². The highest BCUT2D eigenvalue weighted by Crippen LogP contribution is 2.21. The Balaban J connectivity index is 2.89. The van der Waals surface area contributed by atoms with Crippen molar-refractivity contribution in [3.05, 3.63) is 0 Å². The molecule has 0 aliphatic carbocycles. The molecule has 0 aromatic rings. The van der Waals surface area contributed by atoms with Gasteiger partial charge < -0.3 is 9.84 Å². The summed E-state index contributed by atoms with van der Waals surface area (Å²) in [6, 6.07) is -1.21. The first-order chi connectivity index (χ1) is 7.02. The van der Waals surface area contributed by atoms with Gasteiger partial charge in [0.1, 0.15) is 0 Å². The van der Waals surface area contributed by atoms with Gasteiger partial charge >= 0.3 is 5.97 Å². The number of nitrogens with zero attached hydrogens (tertiary/aromatic N) is 1. The van der Waals surface area contributed by atoms with Crippen LogP contribution in [0.15, 0.2) is 0 Å². The summed E-state index contributed by atoms with van der Waals surface area (Å²) >= 11 is 0. The Kier molecular flexibility index (Phi) is 3.41. The van der Waals surface area contributed by atoms with Gasteiger partial charge in [0, 0.05) is 12.3 Å². The number of carbonyl (C=O) groups is 3. The number of hydrogen-bond acceptors (Lipinski definition) is 5. The van der Waals surface area contributed by atoms with E-state index in [4.69, 9.17) is 5.11 Å². The van der Waals surface area contributed by atoms with Gasteiger partial charge in [0.15, 0.2) is 6.04 Å². The van der Waals surface area contributed by atoms with Crippen LogP contribution in [0.5, 0.6) is 0 Å². The van der Waals surface area contributed by atoms with Gasteiger partial charge in [0.25, 0.3) is 0 Å². The molecule has 1 aliphatic heterocycles. The molecule has 15 heavy (non-hydrogen) atoms. The van der Waals surface area contributed by atoms with E-state index in [2.05, 4.69) is 4.74 Å². The van der Waals surface area contributed by atoms with Crippen molar-refractivity contribution in [2.24, 2.45) is 5.92 Å². The van der Waals surface area contributed by atoms with Crippen LogP contribution in [0.3, 0.4) is 0 Å². The predicted octanol–water partition coefficient (Wildman–Crippen LogP) is -1.08. The van der Waals surface area contributed by atoms with Gasteiger partial charge in [-0.2, -0.15) is 0 Å². The average Bonchev–Trinajstić information content (AvgIpc) is 2.45. The fourth-order valence-corrected chi connectivity index (χ4v) is 1.53. The van der Waals surface area contributed by atoms with Crippen molar-refractivity contribution in [2.75, 3.05) is 13.7 Å². The molecular formula is C9H13NO5. The number of methoxy groups -OCH3 is 1. The normalized spacial score (nSPS) is 23.1. The third-order valence-corrected chi connectivity index (χ3v) is 2.37. The number of esters is 1. The third kappa shape index (κ3) is 1.99. The van der Waals surface area contributed by atoms with Crippen LogP contribution in [-0.2, 0) is 19.1 Å². The molecule has 1 fully saturated rings. The first kappa shape index (κ1) is 11.6. The molecule has 0 unspecified atom stereocenters. The first-order valence-electron chi connectivity index (χ1n) is 4.57. The van der Waals surface area contributed by atoms with E-state index in [1.165, 1.54) is 0 Å². The molecule has 0 spiro atoms. The second-order valence-electron chi connectivity index (χ2n) is 3.43. The van der Waals surface area contributed by atoms with Crippen molar-refractivity contribution in [2.45, 2.75) is 19.4 Å². The fourth-order valence-electron chi connectivity index (χ4n) is 1.53. The monoisotopic (exact) mass is 215 g/mol. The molecule has 0 saturated carbocycles. The molecule has 0 bridgehead atoms. The van der Waals surface area contributed by atoms with Gasteiger partial charge in [-0.15, -0.1) is 0 Å². The molecule has 2 atom stereocenters. The molecule has 0 radical (unpaired) electrons. The molecule has 1 heterocycles. The minimum Gasteiger partial charge on any atom is -0.467 e. The Bertz CT molecular complexity index is 301. The van der Waals surface area contributed by atoms with Crippen LogP contribution in [0.4, 0.5) is 0 Å². The minimum atomic E-state index is -1.21. The maximum Gasteiger partial charge on any atom is 0.331 e. The van der Waals surface area contributed by atoms with Crippen LogP contribution >= 0.6 is 0 Å². The molecule has 1 saturated heterocycles. The molecule has 1 rings (SSSR count). The highest BCUT2D eigenvalue weighted by atomic mass is 16.5. The van der Waals surface area contributed by atoms with E-state index in [-0.39, 0.29) is 6.42 Å². The summed E-state index contributed by atoms with van der Waals surface area (Å²) in [5.41, 5.74) is 0. The second-order valence-corrected chi connectivity index (χ2v) is 3.43. The number of rotatable bonds is 3. The Morgan fingerprint density at radius 1 is 1.67 bits per heavy atom. The van der Waals surface area contributed by atoms with Crippen molar-refractivity contribution in [1.29, 1.82) is 0 Å². The van der Waals surface area contributed by atoms with E-state index < -0.39 is 36.4 Å². The smallest absolute Gasteiger partial charge is 0.331 e. The number of aliphatic hydroxyl groups is 1. The Hall–Kier alpha value is -1.43. The lowest BCUT2D eigenvalue weighted by molar-refractivity contribution is -0.158. The molecule has 0 aromatic heterocycles. The van der Waals surface area contributed by atoms with Crippen LogP contribution < -0.4 is 0 Å². The molecule has 84 valence electrons. The van der Waals surface area contributed by atoms with E-state index in [0.29, 0.717) is 0 Å². The standard InChI is InChI=1S/C9H13NO5/c1-5-3-7(12)10(8(5)13)6(4-11)9(14)15-2/h5-6,11H,3-4H2,1-2H3/t5-,6-/m1/s1. The molecule has 2 amide bonds. The molecule has 6 heteroatoms. The first-order valence-corrected chi connectivity index (χ1v) is 4.57. The Morgan fingerprint density at radius 3 is 2.60 bits per heavy atom. The van der Waals surface area contributed by atoms with Crippen molar-refractivity contribution in [1.82, 2.24) is 4.90 Å². The third-order valence-electron chi connectivity index (χ3n) is 2.37. The summed E-state index contributed by atoms with van der Waals surface area (Å²) in [5, 5.41) is 8.96. The van der Waals surface area contributed by atoms with Crippen molar-refractivity contribution >= 4 is 17.8 Å². The van der Waals surface area contributed by atoms with Crippen molar-refractivity contribution < 1.29 is 24.2 Å². The SMILES string of the molecule is COC(=O)[C@@H](CO)N1C(=O)C[C@@H](C)C1=O. The number of imide groups is 1. The lowest BCUT2D eigenvalue weighted by Gasteiger charge is -2.22. The maximum absolute atomic E-state index is 11.5. The molecule has 1 aliphatic rings. The summed E-state index contributed by atoms with van der Waals surface area (Å²) in [5.74, 6) is -2.11. The number of hydrogen-bond donors (Lipinski definition) is 1. The summed E-state index contributed by atoms with van der Waals surface area (Å²) in [7, 11) is 1.14. The van der Waals surface area contributed by atoms with Gasteiger partial charge in [-0.05, 0) is 0 Å². The van der Waals surface area contributed by atoms with Gasteiger partial charge in [-0.3, -0.25) is 14.5 Å². The lowest BCUT2D eigenvalue weighted by atomic mass is 10.1. The summed E-state index contributed by atoms with van der Waals surface area (Å²) in [4.78, 5) is 34.9. The van der Waals surface area contributed by atoms with E-state index in [1.54, 1.807) is 6.92 Å². The van der Waals surface area contributed by atoms with E-state index >= 15 is 0 Å². The Labute approximate surface area is 86.8 Å². The van der Waals surface area contributed by atoms with E-state index in [0.717, 1.165) is 12.0 Å². The summed E-state index contributed by atoms with van der Waals surface area (Å²) < 4.78 is 4.40. The van der Waals surface area contributed by atoms with Gasteiger partial charge in [-0.25, -0.2) is 4.79 Å². The zero-order chi connectivity index (χ0) is 11.6.